The Morgan fingerprint density at radius 3 is 2.76 bits per heavy atom. The molecule has 4 atom stereocenters. The molecule has 0 radical (unpaired) electrons. The molecule has 1 aromatic carbocycles. The summed E-state index contributed by atoms with van der Waals surface area (Å²) in [6.45, 7) is 0.873. The summed E-state index contributed by atoms with van der Waals surface area (Å²) in [6.07, 6.45) is 2.02. The van der Waals surface area contributed by atoms with Crippen LogP contribution in [0.1, 0.15) is 60.7 Å². The molecular weight excluding hydrogens is 532 g/mol. The molecule has 2 aliphatic heterocycles. The fourth-order valence-electron chi connectivity index (χ4n) is 5.23. The number of aliphatic hydroxyl groups excluding tert-OH is 2. The van der Waals surface area contributed by atoms with E-state index in [1.807, 2.05) is 0 Å². The molecule has 4 unspecified atom stereocenters. The SMILES string of the molecule is CN(CCCCCCCC(=O)Nc1cccc2c1CNC2=O)C(=O)C1OC(n2cnc3c(N)ncnc32)C(O)C1O. The first-order chi connectivity index (χ1) is 19.8. The number of imidazole rings is 1. The number of amides is 3. The predicted octanol–water partition coefficient (Wildman–Crippen LogP) is 0.709. The van der Waals surface area contributed by atoms with Crippen LogP contribution in [0.2, 0.25) is 0 Å². The smallest absolute Gasteiger partial charge is 0.254 e. The summed E-state index contributed by atoms with van der Waals surface area (Å²) in [5.41, 5.74) is 8.57. The van der Waals surface area contributed by atoms with Crippen LogP contribution in [0.15, 0.2) is 30.9 Å². The lowest BCUT2D eigenvalue weighted by atomic mass is 10.1. The van der Waals surface area contributed by atoms with Crippen molar-refractivity contribution in [2.45, 2.75) is 69.6 Å². The first-order valence-corrected chi connectivity index (χ1v) is 13.7. The molecule has 218 valence electrons. The average molecular weight is 567 g/mol. The highest BCUT2D eigenvalue weighted by molar-refractivity contribution is 6.02. The standard InChI is InChI=1S/C27H34N8O6/c1-34(11-6-4-2-3-5-10-18(36)33-17-9-7-8-15-16(17)12-29-25(15)39)26(40)22-20(37)21(38)27(41-22)35-14-32-19-23(28)30-13-31-24(19)35/h7-9,13-14,20-22,27,37-38H,2-6,10-12H2,1H3,(H,29,39)(H,33,36)(H2,28,30,31). The van der Waals surface area contributed by atoms with Gasteiger partial charge in [-0.1, -0.05) is 25.3 Å². The van der Waals surface area contributed by atoms with Crippen molar-refractivity contribution in [2.24, 2.45) is 0 Å². The Balaban J connectivity index is 1.02. The zero-order valence-corrected chi connectivity index (χ0v) is 22.7. The number of hydrogen-bond acceptors (Lipinski definition) is 10. The van der Waals surface area contributed by atoms with Crippen LogP contribution in [-0.2, 0) is 20.9 Å². The maximum absolute atomic E-state index is 13.0. The summed E-state index contributed by atoms with van der Waals surface area (Å²) in [7, 11) is 1.63. The number of rotatable bonds is 11. The van der Waals surface area contributed by atoms with E-state index in [1.165, 1.54) is 22.1 Å². The predicted molar refractivity (Wildman–Crippen MR) is 147 cm³/mol. The van der Waals surface area contributed by atoms with Gasteiger partial charge in [-0.25, -0.2) is 15.0 Å². The number of nitrogens with zero attached hydrogens (tertiary/aromatic N) is 5. The fourth-order valence-corrected chi connectivity index (χ4v) is 5.23. The molecule has 2 aliphatic rings. The summed E-state index contributed by atoms with van der Waals surface area (Å²) in [6, 6.07) is 5.31. The van der Waals surface area contributed by atoms with E-state index >= 15 is 0 Å². The van der Waals surface area contributed by atoms with E-state index in [9.17, 15) is 24.6 Å². The van der Waals surface area contributed by atoms with Gasteiger partial charge in [-0.3, -0.25) is 19.0 Å². The van der Waals surface area contributed by atoms with Gasteiger partial charge < -0.3 is 36.2 Å². The Morgan fingerprint density at radius 1 is 1.15 bits per heavy atom. The Bertz CT molecular complexity index is 1440. The second-order valence-corrected chi connectivity index (χ2v) is 10.4. The van der Waals surface area contributed by atoms with Gasteiger partial charge in [0.15, 0.2) is 23.8 Å². The second kappa shape index (κ2) is 12.2. The number of unbranched alkanes of at least 4 members (excludes halogenated alkanes) is 4. The van der Waals surface area contributed by atoms with Crippen LogP contribution in [0.4, 0.5) is 11.5 Å². The topological polar surface area (TPSA) is 198 Å². The van der Waals surface area contributed by atoms with E-state index in [0.29, 0.717) is 41.9 Å². The highest BCUT2D eigenvalue weighted by Crippen LogP contribution is 2.32. The first-order valence-electron chi connectivity index (χ1n) is 13.7. The van der Waals surface area contributed by atoms with Gasteiger partial charge in [0.25, 0.3) is 11.8 Å². The minimum absolute atomic E-state index is 0.0849. The van der Waals surface area contributed by atoms with Crippen molar-refractivity contribution in [3.8, 4) is 0 Å². The summed E-state index contributed by atoms with van der Waals surface area (Å²) in [4.78, 5) is 50.8. The van der Waals surface area contributed by atoms with Crippen LogP contribution >= 0.6 is 0 Å². The lowest BCUT2D eigenvalue weighted by molar-refractivity contribution is -0.147. The summed E-state index contributed by atoms with van der Waals surface area (Å²) >= 11 is 0. The number of carbonyl (C=O) groups is 3. The Kier molecular flexibility index (Phi) is 8.42. The van der Waals surface area contributed by atoms with Gasteiger partial charge in [0.1, 0.15) is 24.1 Å². The Morgan fingerprint density at radius 2 is 1.93 bits per heavy atom. The van der Waals surface area contributed by atoms with Gasteiger partial charge in [-0.05, 0) is 25.0 Å². The third-order valence-corrected chi connectivity index (χ3v) is 7.54. The van der Waals surface area contributed by atoms with Crippen LogP contribution in [0.5, 0.6) is 0 Å². The number of likely N-dealkylation sites (N-methyl/N-ethyl adjacent to an activating group) is 1. The molecule has 14 heteroatoms. The molecule has 41 heavy (non-hydrogen) atoms. The van der Waals surface area contributed by atoms with Crippen molar-refractivity contribution in [3.63, 3.8) is 0 Å². The third kappa shape index (κ3) is 5.85. The number of nitrogen functional groups attached to an aromatic ring is 1. The van der Waals surface area contributed by atoms with Crippen molar-refractivity contribution in [1.82, 2.24) is 29.7 Å². The van der Waals surface area contributed by atoms with Crippen molar-refractivity contribution in [2.75, 3.05) is 24.6 Å². The number of hydrogen-bond donors (Lipinski definition) is 5. The second-order valence-electron chi connectivity index (χ2n) is 10.4. The molecule has 0 saturated carbocycles. The zero-order valence-electron chi connectivity index (χ0n) is 22.7. The summed E-state index contributed by atoms with van der Waals surface area (Å²) in [5, 5.41) is 26.9. The summed E-state index contributed by atoms with van der Waals surface area (Å²) < 4.78 is 7.22. The van der Waals surface area contributed by atoms with E-state index in [0.717, 1.165) is 37.7 Å². The van der Waals surface area contributed by atoms with Gasteiger partial charge in [0, 0.05) is 43.4 Å². The van der Waals surface area contributed by atoms with Crippen LogP contribution < -0.4 is 16.4 Å². The molecule has 3 aromatic rings. The Hall–Kier alpha value is -4.14. The van der Waals surface area contributed by atoms with Gasteiger partial charge in [-0.15, -0.1) is 0 Å². The van der Waals surface area contributed by atoms with Crippen molar-refractivity contribution in [1.29, 1.82) is 0 Å². The van der Waals surface area contributed by atoms with E-state index in [1.54, 1.807) is 25.2 Å². The molecule has 2 aromatic heterocycles. The van der Waals surface area contributed by atoms with Gasteiger partial charge in [0.2, 0.25) is 5.91 Å². The maximum atomic E-state index is 13.0. The largest absolute Gasteiger partial charge is 0.387 e. The molecule has 3 amide bonds. The average Bonchev–Trinajstić information content (AvgIpc) is 3.64. The molecule has 5 rings (SSSR count). The maximum Gasteiger partial charge on any atom is 0.254 e. The fraction of sp³-hybridized carbons (Fsp3) is 0.481. The van der Waals surface area contributed by atoms with Gasteiger partial charge in [-0.2, -0.15) is 0 Å². The number of benzene rings is 1. The number of anilines is 2. The van der Waals surface area contributed by atoms with Crippen molar-refractivity contribution >= 4 is 40.4 Å². The number of fused-ring (bicyclic) bond motifs is 2. The first kappa shape index (κ1) is 28.4. The number of ether oxygens (including phenoxy) is 1. The quantitative estimate of drug-likeness (QED) is 0.206. The number of nitrogens with two attached hydrogens (primary N) is 1. The normalized spacial score (nSPS) is 21.6. The van der Waals surface area contributed by atoms with E-state index in [4.69, 9.17) is 10.5 Å². The van der Waals surface area contributed by atoms with Crippen LogP contribution in [0.25, 0.3) is 11.2 Å². The minimum Gasteiger partial charge on any atom is -0.387 e. The van der Waals surface area contributed by atoms with Crippen molar-refractivity contribution in [3.05, 3.63) is 42.0 Å². The summed E-state index contributed by atoms with van der Waals surface area (Å²) in [5.74, 6) is -0.470. The molecule has 4 heterocycles. The minimum atomic E-state index is -1.42. The van der Waals surface area contributed by atoms with Gasteiger partial charge in [0.05, 0.1) is 6.33 Å². The van der Waals surface area contributed by atoms with E-state index in [2.05, 4.69) is 25.6 Å². The zero-order chi connectivity index (χ0) is 29.1. The lowest BCUT2D eigenvalue weighted by Gasteiger charge is -2.22. The number of aliphatic hydroxyl groups is 2. The molecule has 0 spiro atoms. The molecule has 6 N–H and O–H groups in total. The number of nitrogens with one attached hydrogen (secondary N) is 2. The highest BCUT2D eigenvalue weighted by atomic mass is 16.6. The van der Waals surface area contributed by atoms with Gasteiger partial charge >= 0.3 is 0 Å². The monoisotopic (exact) mass is 566 g/mol. The molecule has 0 bridgehead atoms. The van der Waals surface area contributed by atoms with E-state index < -0.39 is 30.4 Å². The van der Waals surface area contributed by atoms with Crippen molar-refractivity contribution < 1.29 is 29.3 Å². The van der Waals surface area contributed by atoms with Crippen LogP contribution in [-0.4, -0.2) is 84.3 Å². The number of aromatic nitrogens is 4. The molecule has 0 aliphatic carbocycles. The number of carbonyl (C=O) groups excluding carboxylic acids is 3. The van der Waals surface area contributed by atoms with Crippen LogP contribution in [0, 0.1) is 0 Å². The highest BCUT2D eigenvalue weighted by Gasteiger charge is 2.48. The Labute approximate surface area is 235 Å². The molecule has 1 saturated heterocycles. The molecule has 14 nitrogen and oxygen atoms in total. The third-order valence-electron chi connectivity index (χ3n) is 7.54. The molecular formula is C27H34N8O6. The van der Waals surface area contributed by atoms with Crippen LogP contribution in [0.3, 0.4) is 0 Å². The lowest BCUT2D eigenvalue weighted by Crippen LogP contribution is -2.43. The molecule has 1 fully saturated rings. The van der Waals surface area contributed by atoms with E-state index in [-0.39, 0.29) is 17.6 Å².